The first-order chi connectivity index (χ1) is 9.95. The number of benzene rings is 1. The minimum atomic E-state index is 0.406. The van der Waals surface area contributed by atoms with Gasteiger partial charge in [-0.05, 0) is 31.9 Å². The maximum atomic E-state index is 6.18. The average molecular weight is 363 g/mol. The van der Waals surface area contributed by atoms with Gasteiger partial charge in [0.15, 0.2) is 0 Å². The molecule has 0 radical (unpaired) electrons. The molecule has 0 saturated heterocycles. The summed E-state index contributed by atoms with van der Waals surface area (Å²) in [7, 11) is 0. The van der Waals surface area contributed by atoms with Crippen molar-refractivity contribution in [1.82, 2.24) is 9.97 Å². The normalized spacial score (nSPS) is 14.3. The van der Waals surface area contributed by atoms with Gasteiger partial charge in [-0.1, -0.05) is 46.4 Å². The van der Waals surface area contributed by atoms with E-state index in [1.165, 1.54) is 0 Å². The minimum absolute atomic E-state index is 0.406. The van der Waals surface area contributed by atoms with Crippen molar-refractivity contribution in [3.05, 3.63) is 43.7 Å². The number of aromatic nitrogens is 2. The van der Waals surface area contributed by atoms with Crippen LogP contribution in [0.5, 0.6) is 0 Å². The molecule has 0 atom stereocenters. The molecule has 21 heavy (non-hydrogen) atoms. The van der Waals surface area contributed by atoms with Crippen LogP contribution in [0.4, 0.5) is 11.5 Å². The first-order valence-electron chi connectivity index (χ1n) is 6.41. The summed E-state index contributed by atoms with van der Waals surface area (Å²) in [6.07, 6.45) is 2.21. The summed E-state index contributed by atoms with van der Waals surface area (Å²) in [6, 6.07) is 3.26. The summed E-state index contributed by atoms with van der Waals surface area (Å²) in [4.78, 5) is 8.87. The first-order valence-corrected chi connectivity index (χ1v) is 7.92. The zero-order valence-electron chi connectivity index (χ0n) is 11.1. The Hall–Kier alpha value is -0.740. The van der Waals surface area contributed by atoms with Gasteiger partial charge in [0.25, 0.3) is 0 Å². The molecule has 1 aromatic carbocycles. The molecule has 3 rings (SSSR count). The topological polar surface area (TPSA) is 37.8 Å². The van der Waals surface area contributed by atoms with E-state index in [2.05, 4.69) is 15.3 Å². The van der Waals surface area contributed by atoms with E-state index < -0.39 is 0 Å². The van der Waals surface area contributed by atoms with Crippen LogP contribution in [0, 0.1) is 6.92 Å². The molecule has 110 valence electrons. The maximum absolute atomic E-state index is 6.18. The first kappa shape index (κ1) is 15.2. The van der Waals surface area contributed by atoms with E-state index in [0.717, 1.165) is 24.2 Å². The molecule has 1 aromatic heterocycles. The second-order valence-corrected chi connectivity index (χ2v) is 6.57. The molecule has 0 aliphatic heterocycles. The van der Waals surface area contributed by atoms with Crippen LogP contribution in [0.15, 0.2) is 12.1 Å². The van der Waals surface area contributed by atoms with E-state index >= 15 is 0 Å². The molecular weight excluding hydrogens is 352 g/mol. The molecule has 2 aromatic rings. The molecule has 1 heterocycles. The van der Waals surface area contributed by atoms with Gasteiger partial charge in [-0.3, -0.25) is 0 Å². The van der Waals surface area contributed by atoms with Crippen molar-refractivity contribution >= 4 is 57.9 Å². The van der Waals surface area contributed by atoms with Crippen LogP contribution in [0.1, 0.15) is 30.1 Å². The van der Waals surface area contributed by atoms with Gasteiger partial charge in [-0.25, -0.2) is 9.97 Å². The van der Waals surface area contributed by atoms with Crippen molar-refractivity contribution in [2.24, 2.45) is 0 Å². The number of rotatable bonds is 3. The summed E-state index contributed by atoms with van der Waals surface area (Å²) in [6.45, 7) is 1.85. The molecule has 7 heteroatoms. The van der Waals surface area contributed by atoms with Crippen LogP contribution < -0.4 is 5.32 Å². The van der Waals surface area contributed by atoms with Gasteiger partial charge < -0.3 is 5.32 Å². The molecule has 0 spiro atoms. The fourth-order valence-corrected chi connectivity index (χ4v) is 2.67. The van der Waals surface area contributed by atoms with E-state index in [0.29, 0.717) is 37.6 Å². The lowest BCUT2D eigenvalue weighted by molar-refractivity contribution is 0.922. The summed E-state index contributed by atoms with van der Waals surface area (Å²) >= 11 is 24.3. The molecule has 3 nitrogen and oxygen atoms in total. The minimum Gasteiger partial charge on any atom is -0.339 e. The Balaban J connectivity index is 1.99. The van der Waals surface area contributed by atoms with Crippen LogP contribution in [0.25, 0.3) is 0 Å². The molecule has 1 aliphatic carbocycles. The SMILES string of the molecule is Cc1c(Cl)nc(C2CC2)nc1Nc1cc(Cl)c(Cl)cc1Cl. The molecule has 0 amide bonds. The molecule has 1 saturated carbocycles. The Morgan fingerprint density at radius 2 is 1.67 bits per heavy atom. The average Bonchev–Trinajstić information content (AvgIpc) is 3.25. The Kier molecular flexibility index (Phi) is 4.19. The van der Waals surface area contributed by atoms with Gasteiger partial charge >= 0.3 is 0 Å². The number of hydrogen-bond donors (Lipinski definition) is 1. The number of halogens is 4. The lowest BCUT2D eigenvalue weighted by Gasteiger charge is -2.13. The number of nitrogens with one attached hydrogen (secondary N) is 1. The zero-order chi connectivity index (χ0) is 15.1. The number of nitrogens with zero attached hydrogens (tertiary/aromatic N) is 2. The standard InChI is InChI=1S/C14H11Cl4N3/c1-6-12(18)20-14(7-2-3-7)21-13(6)19-11-5-9(16)8(15)4-10(11)17/h4-5,7H,2-3H2,1H3,(H,19,20,21). The van der Waals surface area contributed by atoms with Gasteiger partial charge in [0.05, 0.1) is 20.8 Å². The third-order valence-corrected chi connectivity index (χ3v) is 4.71. The molecular formula is C14H11Cl4N3. The third-order valence-electron chi connectivity index (χ3n) is 3.31. The van der Waals surface area contributed by atoms with Gasteiger partial charge in [0.2, 0.25) is 0 Å². The van der Waals surface area contributed by atoms with Gasteiger partial charge in [-0.2, -0.15) is 0 Å². The Morgan fingerprint density at radius 3 is 2.33 bits per heavy atom. The van der Waals surface area contributed by atoms with Gasteiger partial charge in [-0.15, -0.1) is 0 Å². The maximum Gasteiger partial charge on any atom is 0.138 e. The highest BCUT2D eigenvalue weighted by Gasteiger charge is 2.28. The fraction of sp³-hybridized carbons (Fsp3) is 0.286. The molecule has 0 bridgehead atoms. The van der Waals surface area contributed by atoms with E-state index in [1.54, 1.807) is 12.1 Å². The summed E-state index contributed by atoms with van der Waals surface area (Å²) in [5.41, 5.74) is 1.40. The predicted octanol–water partition coefficient (Wildman–Crippen LogP) is 6.02. The number of anilines is 2. The van der Waals surface area contributed by atoms with Crippen molar-refractivity contribution in [2.45, 2.75) is 25.7 Å². The molecule has 0 unspecified atom stereocenters. The third kappa shape index (κ3) is 3.21. The molecule has 1 fully saturated rings. The second-order valence-electron chi connectivity index (χ2n) is 4.99. The van der Waals surface area contributed by atoms with Crippen molar-refractivity contribution in [1.29, 1.82) is 0 Å². The fourth-order valence-electron chi connectivity index (χ4n) is 1.90. The van der Waals surface area contributed by atoms with E-state index in [4.69, 9.17) is 46.4 Å². The quantitative estimate of drug-likeness (QED) is 0.535. The van der Waals surface area contributed by atoms with Crippen LogP contribution >= 0.6 is 46.4 Å². The zero-order valence-corrected chi connectivity index (χ0v) is 14.1. The van der Waals surface area contributed by atoms with E-state index in [9.17, 15) is 0 Å². The molecule has 1 N–H and O–H groups in total. The van der Waals surface area contributed by atoms with Crippen LogP contribution in [-0.2, 0) is 0 Å². The van der Waals surface area contributed by atoms with Crippen molar-refractivity contribution in [3.8, 4) is 0 Å². The summed E-state index contributed by atoms with van der Waals surface area (Å²) in [5, 5.41) is 4.90. The van der Waals surface area contributed by atoms with Crippen LogP contribution in [0.2, 0.25) is 20.2 Å². The highest BCUT2D eigenvalue weighted by Crippen LogP contribution is 2.40. The van der Waals surface area contributed by atoms with Crippen molar-refractivity contribution in [3.63, 3.8) is 0 Å². The van der Waals surface area contributed by atoms with Gasteiger partial charge in [0.1, 0.15) is 16.8 Å². The lowest BCUT2D eigenvalue weighted by atomic mass is 10.2. The van der Waals surface area contributed by atoms with Gasteiger partial charge in [0, 0.05) is 11.5 Å². The predicted molar refractivity (Wildman–Crippen MR) is 88.5 cm³/mol. The molecule has 1 aliphatic rings. The van der Waals surface area contributed by atoms with Crippen molar-refractivity contribution in [2.75, 3.05) is 5.32 Å². The van der Waals surface area contributed by atoms with E-state index in [-0.39, 0.29) is 0 Å². The van der Waals surface area contributed by atoms with Crippen LogP contribution in [0.3, 0.4) is 0 Å². The van der Waals surface area contributed by atoms with Crippen molar-refractivity contribution < 1.29 is 0 Å². The Bertz CT molecular complexity index is 714. The lowest BCUT2D eigenvalue weighted by Crippen LogP contribution is -2.03. The smallest absolute Gasteiger partial charge is 0.138 e. The monoisotopic (exact) mass is 361 g/mol. The second kappa shape index (κ2) is 5.81. The highest BCUT2D eigenvalue weighted by atomic mass is 35.5. The largest absolute Gasteiger partial charge is 0.339 e. The van der Waals surface area contributed by atoms with E-state index in [1.807, 2.05) is 6.92 Å². The number of hydrogen-bond acceptors (Lipinski definition) is 3. The Labute approximate surface area is 142 Å². The Morgan fingerprint density at radius 1 is 1.00 bits per heavy atom. The van der Waals surface area contributed by atoms with Crippen LogP contribution in [-0.4, -0.2) is 9.97 Å². The summed E-state index contributed by atoms with van der Waals surface area (Å²) < 4.78 is 0. The summed E-state index contributed by atoms with van der Waals surface area (Å²) in [5.74, 6) is 1.81. The highest BCUT2D eigenvalue weighted by molar-refractivity contribution is 6.44.